The number of nitrogens with zero attached hydrogens (tertiary/aromatic N) is 2. The number of anilines is 2. The van der Waals surface area contributed by atoms with E-state index >= 15 is 0 Å². The summed E-state index contributed by atoms with van der Waals surface area (Å²) in [4.78, 5) is 22.9. The second-order valence-corrected chi connectivity index (χ2v) is 9.69. The van der Waals surface area contributed by atoms with Gasteiger partial charge in [-0.05, 0) is 36.4 Å². The third-order valence-electron chi connectivity index (χ3n) is 4.78. The van der Waals surface area contributed by atoms with Crippen LogP contribution in [-0.2, 0) is 14.8 Å². The molecule has 0 aromatic heterocycles. The van der Waals surface area contributed by atoms with Gasteiger partial charge >= 0.3 is 0 Å². The highest BCUT2D eigenvalue weighted by molar-refractivity contribution is 9.10. The lowest BCUT2D eigenvalue weighted by Crippen LogP contribution is -2.38. The normalized spacial score (nSPS) is 11.0. The minimum atomic E-state index is -4.68. The van der Waals surface area contributed by atoms with Gasteiger partial charge in [0.2, 0.25) is 5.91 Å². The van der Waals surface area contributed by atoms with Crippen molar-refractivity contribution in [2.45, 2.75) is 4.90 Å². The first-order valence-electron chi connectivity index (χ1n) is 9.81. The Kier molecular flexibility index (Phi) is 7.92. The van der Waals surface area contributed by atoms with Crippen molar-refractivity contribution in [3.8, 4) is 11.5 Å². The number of amides is 1. The average Bonchev–Trinajstić information content (AvgIpc) is 2.83. The summed E-state index contributed by atoms with van der Waals surface area (Å²) >= 11 is 3.11. The van der Waals surface area contributed by atoms with E-state index in [0.29, 0.717) is 14.5 Å². The van der Waals surface area contributed by atoms with Gasteiger partial charge in [0.15, 0.2) is 4.90 Å². The van der Waals surface area contributed by atoms with Gasteiger partial charge in [-0.15, -0.1) is 0 Å². The smallest absolute Gasteiger partial charge is 0.289 e. The highest BCUT2D eigenvalue weighted by atomic mass is 79.9. The molecule has 3 aromatic carbocycles. The summed E-state index contributed by atoms with van der Waals surface area (Å²) in [6.07, 6.45) is 0. The van der Waals surface area contributed by atoms with E-state index in [9.17, 15) is 27.7 Å². The van der Waals surface area contributed by atoms with Gasteiger partial charge in [-0.2, -0.15) is 0 Å². The van der Waals surface area contributed by atoms with Crippen LogP contribution in [0.4, 0.5) is 21.5 Å². The van der Waals surface area contributed by atoms with E-state index in [1.54, 1.807) is 0 Å². The maximum atomic E-state index is 14.2. The molecule has 0 aliphatic heterocycles. The predicted octanol–water partition coefficient (Wildman–Crippen LogP) is 4.35. The molecular formula is C22H19BrFN3O7S. The van der Waals surface area contributed by atoms with Crippen molar-refractivity contribution in [1.29, 1.82) is 0 Å². The molecule has 0 fully saturated rings. The zero-order valence-corrected chi connectivity index (χ0v) is 20.8. The molecule has 35 heavy (non-hydrogen) atoms. The molecule has 0 heterocycles. The fraction of sp³-hybridized carbons (Fsp3) is 0.136. The maximum absolute atomic E-state index is 14.2. The van der Waals surface area contributed by atoms with E-state index in [1.165, 1.54) is 56.7 Å². The molecule has 0 saturated heterocycles. The van der Waals surface area contributed by atoms with Crippen LogP contribution in [0.5, 0.6) is 11.5 Å². The third-order valence-corrected chi connectivity index (χ3v) is 7.08. The highest BCUT2D eigenvalue weighted by Gasteiger charge is 2.34. The van der Waals surface area contributed by atoms with Crippen molar-refractivity contribution in [1.82, 2.24) is 0 Å². The summed E-state index contributed by atoms with van der Waals surface area (Å²) < 4.78 is 53.1. The van der Waals surface area contributed by atoms with Crippen LogP contribution in [0.2, 0.25) is 0 Å². The van der Waals surface area contributed by atoms with Gasteiger partial charge in [-0.3, -0.25) is 19.2 Å². The van der Waals surface area contributed by atoms with Crippen LogP contribution >= 0.6 is 15.9 Å². The molecule has 0 atom stereocenters. The number of rotatable bonds is 9. The van der Waals surface area contributed by atoms with E-state index in [-0.39, 0.29) is 17.1 Å². The molecule has 3 aromatic rings. The van der Waals surface area contributed by atoms with Crippen LogP contribution in [0.25, 0.3) is 0 Å². The molecule has 0 radical (unpaired) electrons. The summed E-state index contributed by atoms with van der Waals surface area (Å²) in [5.74, 6) is -1.28. The molecule has 3 rings (SSSR count). The van der Waals surface area contributed by atoms with Crippen molar-refractivity contribution in [2.24, 2.45) is 0 Å². The van der Waals surface area contributed by atoms with Crippen LogP contribution in [0.1, 0.15) is 0 Å². The van der Waals surface area contributed by atoms with Gasteiger partial charge in [0.1, 0.15) is 23.9 Å². The number of nitrogens with one attached hydrogen (secondary N) is 1. The number of benzene rings is 3. The molecule has 0 spiro atoms. The van der Waals surface area contributed by atoms with E-state index in [1.807, 2.05) is 0 Å². The zero-order valence-electron chi connectivity index (χ0n) is 18.4. The van der Waals surface area contributed by atoms with Gasteiger partial charge in [0.25, 0.3) is 15.7 Å². The number of halogens is 2. The fourth-order valence-electron chi connectivity index (χ4n) is 3.15. The first-order chi connectivity index (χ1) is 16.6. The van der Waals surface area contributed by atoms with E-state index in [2.05, 4.69) is 21.2 Å². The molecule has 0 aliphatic rings. The molecule has 1 N–H and O–H groups in total. The van der Waals surface area contributed by atoms with Crippen molar-refractivity contribution < 1.29 is 32.0 Å². The quantitative estimate of drug-likeness (QED) is 0.300. The van der Waals surface area contributed by atoms with Crippen LogP contribution in [0.3, 0.4) is 0 Å². The van der Waals surface area contributed by atoms with Gasteiger partial charge in [-0.1, -0.05) is 28.1 Å². The van der Waals surface area contributed by atoms with Gasteiger partial charge < -0.3 is 14.8 Å². The Hall–Kier alpha value is -3.71. The number of ether oxygens (including phenoxy) is 2. The number of nitro groups is 1. The Balaban J connectivity index is 2.11. The summed E-state index contributed by atoms with van der Waals surface area (Å²) in [5.41, 5.74) is -0.940. The number of hydrogen-bond donors (Lipinski definition) is 1. The molecular weight excluding hydrogens is 549 g/mol. The first kappa shape index (κ1) is 25.9. The summed E-state index contributed by atoms with van der Waals surface area (Å²) in [5, 5.41) is 13.8. The van der Waals surface area contributed by atoms with Crippen molar-refractivity contribution in [2.75, 3.05) is 30.4 Å². The third kappa shape index (κ3) is 5.69. The lowest BCUT2D eigenvalue weighted by molar-refractivity contribution is -0.387. The topological polar surface area (TPSA) is 128 Å². The zero-order chi connectivity index (χ0) is 25.8. The Morgan fingerprint density at radius 1 is 1.11 bits per heavy atom. The molecule has 0 aliphatic carbocycles. The van der Waals surface area contributed by atoms with Gasteiger partial charge in [0, 0.05) is 16.6 Å². The van der Waals surface area contributed by atoms with Crippen molar-refractivity contribution >= 4 is 48.9 Å². The van der Waals surface area contributed by atoms with Gasteiger partial charge in [-0.25, -0.2) is 12.8 Å². The Labute approximate surface area is 208 Å². The maximum Gasteiger partial charge on any atom is 0.289 e. The molecule has 1 amide bonds. The largest absolute Gasteiger partial charge is 0.497 e. The van der Waals surface area contributed by atoms with Crippen LogP contribution in [-0.4, -0.2) is 40.0 Å². The molecule has 0 saturated carbocycles. The Morgan fingerprint density at radius 3 is 2.46 bits per heavy atom. The van der Waals surface area contributed by atoms with Crippen molar-refractivity contribution in [3.63, 3.8) is 0 Å². The number of sulfonamides is 1. The van der Waals surface area contributed by atoms with Crippen LogP contribution in [0.15, 0.2) is 70.0 Å². The summed E-state index contributed by atoms with van der Waals surface area (Å²) in [7, 11) is -2.00. The predicted molar refractivity (Wildman–Crippen MR) is 130 cm³/mol. The standard InChI is InChI=1S/C22H19BrFN3O7S/c1-33-15-8-10-18(20(12-15)34-2)26(13-22(28)25-17-9-7-14(23)11-16(17)24)35(31,32)21-6-4-3-5-19(21)27(29)30/h3-12H,13H2,1-2H3,(H,25,28). The number of carbonyl (C=O) groups is 1. The minimum Gasteiger partial charge on any atom is -0.497 e. The molecule has 13 heteroatoms. The summed E-state index contributed by atoms with van der Waals surface area (Å²) in [6, 6.07) is 12.8. The summed E-state index contributed by atoms with van der Waals surface area (Å²) in [6.45, 7) is -0.841. The van der Waals surface area contributed by atoms with E-state index < -0.39 is 43.8 Å². The molecule has 184 valence electrons. The number of methoxy groups -OCH3 is 2. The first-order valence-corrected chi connectivity index (χ1v) is 12.0. The number of carbonyl (C=O) groups excluding carboxylic acids is 1. The Bertz CT molecular complexity index is 1390. The average molecular weight is 568 g/mol. The number of hydrogen-bond acceptors (Lipinski definition) is 7. The van der Waals surface area contributed by atoms with Crippen molar-refractivity contribution in [3.05, 3.63) is 81.1 Å². The number of para-hydroxylation sites is 1. The fourth-order valence-corrected chi connectivity index (χ4v) is 5.07. The second-order valence-electron chi connectivity index (χ2n) is 6.95. The molecule has 0 unspecified atom stereocenters. The number of nitro benzene ring substituents is 1. The lowest BCUT2D eigenvalue weighted by Gasteiger charge is -2.25. The van der Waals surface area contributed by atoms with Crippen LogP contribution < -0.4 is 19.1 Å². The highest BCUT2D eigenvalue weighted by Crippen LogP contribution is 2.37. The lowest BCUT2D eigenvalue weighted by atomic mass is 10.2. The van der Waals surface area contributed by atoms with E-state index in [4.69, 9.17) is 9.47 Å². The van der Waals surface area contributed by atoms with E-state index in [0.717, 1.165) is 18.2 Å². The second kappa shape index (κ2) is 10.7. The Morgan fingerprint density at radius 2 is 1.83 bits per heavy atom. The van der Waals surface area contributed by atoms with Crippen LogP contribution in [0, 0.1) is 15.9 Å². The monoisotopic (exact) mass is 567 g/mol. The molecule has 0 bridgehead atoms. The van der Waals surface area contributed by atoms with Gasteiger partial charge in [0.05, 0.1) is 30.5 Å². The SMILES string of the molecule is COc1ccc(N(CC(=O)Nc2ccc(Br)cc2F)S(=O)(=O)c2ccccc2[N+](=O)[O-])c(OC)c1. The minimum absolute atomic E-state index is 0.0223. The molecule has 10 nitrogen and oxygen atoms in total.